The van der Waals surface area contributed by atoms with Crippen molar-refractivity contribution in [2.24, 2.45) is 0 Å². The number of hydrogen-bond donors (Lipinski definition) is 2. The van der Waals surface area contributed by atoms with E-state index in [1.54, 1.807) is 4.90 Å². The number of aliphatic hydroxyl groups is 1. The minimum Gasteiger partial charge on any atom is -0.469 e. The molecule has 0 atom stereocenters. The first-order chi connectivity index (χ1) is 9.67. The number of carbonyl (C=O) groups is 2. The van der Waals surface area contributed by atoms with Crippen LogP contribution in [0.5, 0.6) is 0 Å². The summed E-state index contributed by atoms with van der Waals surface area (Å²) in [5.41, 5.74) is 0. The Morgan fingerprint density at radius 1 is 1.25 bits per heavy atom. The maximum atomic E-state index is 12.2. The minimum absolute atomic E-state index is 0.0332. The van der Waals surface area contributed by atoms with E-state index >= 15 is 0 Å². The summed E-state index contributed by atoms with van der Waals surface area (Å²) in [5.74, 6) is -0.329. The zero-order chi connectivity index (χ0) is 14.8. The summed E-state index contributed by atoms with van der Waals surface area (Å²) >= 11 is 0. The topological polar surface area (TPSA) is 78.9 Å². The molecule has 0 radical (unpaired) electrons. The fourth-order valence-electron chi connectivity index (χ4n) is 2.42. The predicted octanol–water partition coefficient (Wildman–Crippen LogP) is 1.28. The second-order valence-electron chi connectivity index (χ2n) is 5.17. The fourth-order valence-corrected chi connectivity index (χ4v) is 2.42. The largest absolute Gasteiger partial charge is 0.469 e. The second-order valence-corrected chi connectivity index (χ2v) is 5.17. The molecule has 20 heavy (non-hydrogen) atoms. The molecule has 2 N–H and O–H groups in total. The number of esters is 1. The molecule has 1 fully saturated rings. The van der Waals surface area contributed by atoms with Crippen LogP contribution in [0.15, 0.2) is 0 Å². The molecule has 0 aromatic rings. The van der Waals surface area contributed by atoms with Crippen LogP contribution in [0.3, 0.4) is 0 Å². The molecule has 0 aromatic heterocycles. The molecule has 1 aliphatic rings. The molecule has 0 aromatic carbocycles. The van der Waals surface area contributed by atoms with Crippen molar-refractivity contribution in [3.8, 4) is 0 Å². The van der Waals surface area contributed by atoms with Gasteiger partial charge in [-0.1, -0.05) is 19.3 Å². The molecule has 116 valence electrons. The van der Waals surface area contributed by atoms with Crippen LogP contribution in [0.2, 0.25) is 0 Å². The van der Waals surface area contributed by atoms with E-state index in [1.165, 1.54) is 13.5 Å². The van der Waals surface area contributed by atoms with Gasteiger partial charge >= 0.3 is 12.0 Å². The van der Waals surface area contributed by atoms with Gasteiger partial charge in [0.2, 0.25) is 0 Å². The van der Waals surface area contributed by atoms with Gasteiger partial charge in [-0.2, -0.15) is 0 Å². The summed E-state index contributed by atoms with van der Waals surface area (Å²) < 4.78 is 4.59. The molecule has 2 amide bonds. The quantitative estimate of drug-likeness (QED) is 0.691. The Kier molecular flexibility index (Phi) is 8.02. The van der Waals surface area contributed by atoms with Gasteiger partial charge in [-0.25, -0.2) is 4.79 Å². The highest BCUT2D eigenvalue weighted by molar-refractivity contribution is 5.76. The zero-order valence-corrected chi connectivity index (χ0v) is 12.3. The fraction of sp³-hybridized carbons (Fsp3) is 0.857. The van der Waals surface area contributed by atoms with Crippen molar-refractivity contribution in [1.82, 2.24) is 10.2 Å². The van der Waals surface area contributed by atoms with Crippen LogP contribution < -0.4 is 5.32 Å². The third-order valence-electron chi connectivity index (χ3n) is 3.62. The Balaban J connectivity index is 2.42. The third kappa shape index (κ3) is 6.23. The lowest BCUT2D eigenvalue weighted by Gasteiger charge is -2.28. The molecule has 6 heteroatoms. The Morgan fingerprint density at radius 3 is 2.55 bits per heavy atom. The lowest BCUT2D eigenvalue weighted by Crippen LogP contribution is -2.46. The molecule has 0 saturated heterocycles. The molecule has 0 bridgehead atoms. The first kappa shape index (κ1) is 16.8. The first-order valence-electron chi connectivity index (χ1n) is 7.40. The van der Waals surface area contributed by atoms with Crippen LogP contribution in [0.1, 0.15) is 44.9 Å². The Hall–Kier alpha value is -1.30. The predicted molar refractivity (Wildman–Crippen MR) is 75.3 cm³/mol. The zero-order valence-electron chi connectivity index (χ0n) is 12.3. The summed E-state index contributed by atoms with van der Waals surface area (Å²) in [6, 6.07) is 0.0975. The van der Waals surface area contributed by atoms with Crippen LogP contribution in [0.4, 0.5) is 4.79 Å². The van der Waals surface area contributed by atoms with Crippen molar-refractivity contribution in [2.45, 2.75) is 51.0 Å². The minimum atomic E-state index is -0.329. The van der Waals surface area contributed by atoms with Gasteiger partial charge in [0.15, 0.2) is 0 Å². The lowest BCUT2D eigenvalue weighted by molar-refractivity contribution is -0.140. The molecule has 1 rings (SSSR count). The number of ether oxygens (including phenoxy) is 1. The maximum Gasteiger partial charge on any atom is 0.317 e. The number of amides is 2. The highest BCUT2D eigenvalue weighted by Gasteiger charge is 2.20. The van der Waals surface area contributed by atoms with Crippen molar-refractivity contribution in [3.63, 3.8) is 0 Å². The average molecular weight is 286 g/mol. The van der Waals surface area contributed by atoms with Crippen LogP contribution in [-0.2, 0) is 9.53 Å². The van der Waals surface area contributed by atoms with Gasteiger partial charge in [-0.15, -0.1) is 0 Å². The molecule has 0 unspecified atom stereocenters. The lowest BCUT2D eigenvalue weighted by atomic mass is 9.96. The smallest absolute Gasteiger partial charge is 0.317 e. The van der Waals surface area contributed by atoms with E-state index in [4.69, 9.17) is 5.11 Å². The van der Waals surface area contributed by atoms with E-state index in [9.17, 15) is 9.59 Å². The number of methoxy groups -OCH3 is 1. The van der Waals surface area contributed by atoms with Gasteiger partial charge in [0.1, 0.15) is 0 Å². The molecule has 6 nitrogen and oxygen atoms in total. The molecule has 0 aliphatic heterocycles. The molecular weight excluding hydrogens is 260 g/mol. The van der Waals surface area contributed by atoms with Gasteiger partial charge in [-0.05, 0) is 19.3 Å². The number of carbonyl (C=O) groups excluding carboxylic acids is 2. The number of nitrogens with zero attached hydrogens (tertiary/aromatic N) is 1. The molecule has 1 saturated carbocycles. The van der Waals surface area contributed by atoms with Crippen molar-refractivity contribution in [1.29, 1.82) is 0 Å². The van der Waals surface area contributed by atoms with E-state index in [0.29, 0.717) is 19.5 Å². The highest BCUT2D eigenvalue weighted by Crippen LogP contribution is 2.17. The van der Waals surface area contributed by atoms with Crippen molar-refractivity contribution in [2.75, 3.05) is 26.8 Å². The summed E-state index contributed by atoms with van der Waals surface area (Å²) in [4.78, 5) is 25.0. The molecular formula is C14H26N2O4. The maximum absolute atomic E-state index is 12.2. The van der Waals surface area contributed by atoms with Crippen molar-refractivity contribution < 1.29 is 19.4 Å². The van der Waals surface area contributed by atoms with E-state index < -0.39 is 0 Å². The number of hydrogen-bond acceptors (Lipinski definition) is 4. The van der Waals surface area contributed by atoms with Crippen LogP contribution in [0.25, 0.3) is 0 Å². The number of urea groups is 1. The number of aliphatic hydroxyl groups excluding tert-OH is 1. The highest BCUT2D eigenvalue weighted by atomic mass is 16.5. The summed E-state index contributed by atoms with van der Waals surface area (Å²) in [5, 5.41) is 11.9. The Labute approximate surface area is 120 Å². The van der Waals surface area contributed by atoms with E-state index in [1.807, 2.05) is 0 Å². The van der Waals surface area contributed by atoms with Gasteiger partial charge in [-0.3, -0.25) is 4.79 Å². The van der Waals surface area contributed by atoms with Crippen molar-refractivity contribution in [3.05, 3.63) is 0 Å². The van der Waals surface area contributed by atoms with E-state index in [-0.39, 0.29) is 31.1 Å². The van der Waals surface area contributed by atoms with Gasteiger partial charge in [0.25, 0.3) is 0 Å². The van der Waals surface area contributed by atoms with Gasteiger partial charge in [0.05, 0.1) is 13.5 Å². The summed E-state index contributed by atoms with van der Waals surface area (Å²) in [6.45, 7) is 0.808. The summed E-state index contributed by atoms with van der Waals surface area (Å²) in [7, 11) is 1.34. The van der Waals surface area contributed by atoms with Gasteiger partial charge < -0.3 is 20.1 Å². The van der Waals surface area contributed by atoms with Crippen LogP contribution in [-0.4, -0.2) is 54.9 Å². The third-order valence-corrected chi connectivity index (χ3v) is 3.62. The Bertz CT molecular complexity index is 304. The van der Waals surface area contributed by atoms with E-state index in [0.717, 1.165) is 25.7 Å². The van der Waals surface area contributed by atoms with Crippen LogP contribution in [0, 0.1) is 0 Å². The monoisotopic (exact) mass is 286 g/mol. The average Bonchev–Trinajstić information content (AvgIpc) is 2.47. The first-order valence-corrected chi connectivity index (χ1v) is 7.40. The van der Waals surface area contributed by atoms with Crippen molar-refractivity contribution >= 4 is 12.0 Å². The summed E-state index contributed by atoms with van der Waals surface area (Å²) in [6.07, 6.45) is 6.29. The normalized spacial score (nSPS) is 15.7. The molecule has 0 spiro atoms. The van der Waals surface area contributed by atoms with Gasteiger partial charge in [0, 0.05) is 25.7 Å². The SMILES string of the molecule is COC(=O)CCN(CCCO)C(=O)NC1CCCCC1. The number of nitrogens with one attached hydrogen (secondary N) is 1. The molecule has 0 heterocycles. The number of rotatable bonds is 7. The van der Waals surface area contributed by atoms with E-state index in [2.05, 4.69) is 10.1 Å². The van der Waals surface area contributed by atoms with Crippen LogP contribution >= 0.6 is 0 Å². The standard InChI is InChI=1S/C14H26N2O4/c1-20-13(18)8-10-16(9-5-11-17)14(19)15-12-6-3-2-4-7-12/h12,17H,2-11H2,1H3,(H,15,19). The second kappa shape index (κ2) is 9.58. The molecule has 1 aliphatic carbocycles. The Morgan fingerprint density at radius 2 is 1.95 bits per heavy atom.